The highest BCUT2D eigenvalue weighted by atomic mass is 32.2. The van der Waals surface area contributed by atoms with Gasteiger partial charge in [-0.15, -0.1) is 0 Å². The first kappa shape index (κ1) is 24.0. The number of nitrogens with zero attached hydrogens (tertiary/aromatic N) is 1. The van der Waals surface area contributed by atoms with Crippen LogP contribution in [0.1, 0.15) is 61.1 Å². The molecule has 3 aromatic rings. The Balaban J connectivity index is 1.78. The molecule has 2 N–H and O–H groups in total. The normalized spacial score (nSPS) is 16.6. The number of aldehydes is 1. The van der Waals surface area contributed by atoms with Crippen molar-refractivity contribution in [2.45, 2.75) is 51.5 Å². The number of anilines is 2. The monoisotopic (exact) mass is 480 g/mol. The third-order valence-corrected chi connectivity index (χ3v) is 7.44. The minimum absolute atomic E-state index is 0.0888. The number of carbonyl (C=O) groups excluding carboxylic acids is 1. The van der Waals surface area contributed by atoms with Gasteiger partial charge in [-0.2, -0.15) is 10.6 Å². The predicted molar refractivity (Wildman–Crippen MR) is 135 cm³/mol. The summed E-state index contributed by atoms with van der Waals surface area (Å²) >= 11 is 0. The Morgan fingerprint density at radius 3 is 2.56 bits per heavy atom. The Kier molecular flexibility index (Phi) is 6.53. The summed E-state index contributed by atoms with van der Waals surface area (Å²) in [6.07, 6.45) is 2.64. The maximum Gasteiger partial charge on any atom is 0.200 e. The van der Waals surface area contributed by atoms with Crippen LogP contribution < -0.4 is 15.6 Å². The second-order valence-electron chi connectivity index (χ2n) is 9.81. The largest absolute Gasteiger partial charge is 0.440 e. The number of aryl methyl sites for hydroxylation is 1. The molecule has 1 aliphatic heterocycles. The van der Waals surface area contributed by atoms with E-state index in [1.54, 1.807) is 18.2 Å². The second kappa shape index (κ2) is 9.25. The Hall–Kier alpha value is -3.13. The van der Waals surface area contributed by atoms with Crippen LogP contribution in [0.2, 0.25) is 0 Å². The molecule has 1 atom stereocenters. The summed E-state index contributed by atoms with van der Waals surface area (Å²) in [5.41, 5.74) is 3.05. The number of benzene rings is 2. The van der Waals surface area contributed by atoms with Crippen LogP contribution in [-0.2, 0) is 14.8 Å². The quantitative estimate of drug-likeness (QED) is 0.341. The molecule has 8 heteroatoms. The van der Waals surface area contributed by atoms with E-state index in [0.29, 0.717) is 28.8 Å². The Morgan fingerprint density at radius 2 is 1.91 bits per heavy atom. The number of nitrogens with one attached hydrogen (secondary N) is 2. The summed E-state index contributed by atoms with van der Waals surface area (Å²) < 4.78 is 26.1. The lowest BCUT2D eigenvalue weighted by atomic mass is 9.83. The number of piperidine rings is 1. The van der Waals surface area contributed by atoms with Crippen molar-refractivity contribution in [1.29, 1.82) is 4.78 Å². The molecular weight excluding hydrogens is 450 g/mol. The lowest BCUT2D eigenvalue weighted by Gasteiger charge is -2.37. The van der Waals surface area contributed by atoms with Crippen molar-refractivity contribution >= 4 is 39.4 Å². The van der Waals surface area contributed by atoms with Gasteiger partial charge in [-0.3, -0.25) is 9.59 Å². The lowest BCUT2D eigenvalue weighted by molar-refractivity contribution is 0.112. The third-order valence-electron chi connectivity index (χ3n) is 6.61. The second-order valence-corrected chi connectivity index (χ2v) is 10.8. The molecule has 1 aliphatic rings. The average Bonchev–Trinajstić information content (AvgIpc) is 2.78. The zero-order valence-corrected chi connectivity index (χ0v) is 20.8. The van der Waals surface area contributed by atoms with Crippen LogP contribution in [0.4, 0.5) is 11.6 Å². The smallest absolute Gasteiger partial charge is 0.200 e. The van der Waals surface area contributed by atoms with E-state index in [-0.39, 0.29) is 27.3 Å². The SMILES string of the molecule is Cc1cc(C(C)Nc2cccc(C=O)c2[S-](=N)=O)c2oc(N3CCC(C)(C)CC3)cc(=O)c2c1. The van der Waals surface area contributed by atoms with Gasteiger partial charge in [0.05, 0.1) is 11.4 Å². The molecule has 0 bridgehead atoms. The summed E-state index contributed by atoms with van der Waals surface area (Å²) in [4.78, 5) is 26.8. The summed E-state index contributed by atoms with van der Waals surface area (Å²) in [5, 5.41) is 3.79. The van der Waals surface area contributed by atoms with Crippen molar-refractivity contribution in [3.05, 3.63) is 63.3 Å². The summed E-state index contributed by atoms with van der Waals surface area (Å²) in [5.74, 6) is 0.571. The van der Waals surface area contributed by atoms with Crippen molar-refractivity contribution in [3.63, 3.8) is 0 Å². The molecule has 4 rings (SSSR count). The van der Waals surface area contributed by atoms with Crippen LogP contribution in [0.3, 0.4) is 0 Å². The molecule has 180 valence electrons. The Morgan fingerprint density at radius 1 is 1.21 bits per heavy atom. The topological polar surface area (TPSA) is 103 Å². The molecule has 0 saturated carbocycles. The standard InChI is InChI=1S/C26H30N3O4S/c1-16-12-19(17(2)28-21-7-5-6-18(15-30)25(21)34(27)32)24-20(13-16)22(31)14-23(33-24)29-10-8-26(3,4)9-11-29/h5-7,12-15,17,27-28H,8-11H2,1-4H3/q-1. The first-order valence-corrected chi connectivity index (χ1v) is 12.6. The van der Waals surface area contributed by atoms with Crippen LogP contribution in [-0.4, -0.2) is 19.4 Å². The van der Waals surface area contributed by atoms with Crippen molar-refractivity contribution in [3.8, 4) is 0 Å². The molecule has 0 amide bonds. The molecule has 2 aromatic carbocycles. The Bertz CT molecular complexity index is 1370. The van der Waals surface area contributed by atoms with Crippen LogP contribution in [0, 0.1) is 17.1 Å². The number of hydrogen-bond donors (Lipinski definition) is 2. The van der Waals surface area contributed by atoms with E-state index < -0.39 is 10.6 Å². The zero-order valence-electron chi connectivity index (χ0n) is 19.9. The molecule has 0 aliphatic carbocycles. The summed E-state index contributed by atoms with van der Waals surface area (Å²) in [6, 6.07) is 9.95. The molecule has 7 nitrogen and oxygen atoms in total. The van der Waals surface area contributed by atoms with Gasteiger partial charge in [0.1, 0.15) is 11.9 Å². The van der Waals surface area contributed by atoms with Crippen LogP contribution in [0.15, 0.2) is 50.5 Å². The van der Waals surface area contributed by atoms with Crippen molar-refractivity contribution in [2.24, 2.45) is 5.41 Å². The van der Waals surface area contributed by atoms with Gasteiger partial charge in [0.15, 0.2) is 11.3 Å². The van der Waals surface area contributed by atoms with E-state index in [0.717, 1.165) is 37.1 Å². The predicted octanol–water partition coefficient (Wildman–Crippen LogP) is 5.80. The van der Waals surface area contributed by atoms with Crippen molar-refractivity contribution in [1.82, 2.24) is 0 Å². The van der Waals surface area contributed by atoms with Crippen molar-refractivity contribution in [2.75, 3.05) is 23.3 Å². The summed E-state index contributed by atoms with van der Waals surface area (Å²) in [6.45, 7) is 10.0. The third kappa shape index (κ3) is 4.73. The highest BCUT2D eigenvalue weighted by Crippen LogP contribution is 2.35. The fraction of sp³-hybridized carbons (Fsp3) is 0.385. The highest BCUT2D eigenvalue weighted by molar-refractivity contribution is 7.73. The van der Waals surface area contributed by atoms with E-state index in [1.807, 2.05) is 26.0 Å². The first-order chi connectivity index (χ1) is 16.1. The number of hydrogen-bond acceptors (Lipinski definition) is 8. The molecule has 1 aromatic heterocycles. The number of carbonyl (C=O) groups is 1. The van der Waals surface area contributed by atoms with Gasteiger partial charge in [-0.25, -0.2) is 0 Å². The molecule has 2 heterocycles. The van der Waals surface area contributed by atoms with Gasteiger partial charge in [-0.1, -0.05) is 36.9 Å². The van der Waals surface area contributed by atoms with Gasteiger partial charge in [0, 0.05) is 36.0 Å². The minimum Gasteiger partial charge on any atom is -0.440 e. The molecule has 1 fully saturated rings. The molecule has 34 heavy (non-hydrogen) atoms. The fourth-order valence-electron chi connectivity index (χ4n) is 4.51. The van der Waals surface area contributed by atoms with E-state index in [9.17, 15) is 13.8 Å². The number of fused-ring (bicyclic) bond motifs is 1. The van der Waals surface area contributed by atoms with Crippen LogP contribution in [0.25, 0.3) is 11.0 Å². The van der Waals surface area contributed by atoms with E-state index in [2.05, 4.69) is 24.1 Å². The van der Waals surface area contributed by atoms with Gasteiger partial charge in [0.2, 0.25) is 0 Å². The average molecular weight is 481 g/mol. The van der Waals surface area contributed by atoms with Gasteiger partial charge in [-0.05, 0) is 49.8 Å². The van der Waals surface area contributed by atoms with Gasteiger partial charge < -0.3 is 23.6 Å². The lowest BCUT2D eigenvalue weighted by Crippen LogP contribution is -2.37. The summed E-state index contributed by atoms with van der Waals surface area (Å²) in [7, 11) is -2.10. The van der Waals surface area contributed by atoms with E-state index in [4.69, 9.17) is 9.20 Å². The van der Waals surface area contributed by atoms with E-state index >= 15 is 0 Å². The maximum atomic E-state index is 13.1. The minimum atomic E-state index is -2.10. The fourth-order valence-corrected chi connectivity index (χ4v) is 5.17. The zero-order chi connectivity index (χ0) is 24.6. The first-order valence-electron chi connectivity index (χ1n) is 11.4. The van der Waals surface area contributed by atoms with E-state index in [1.165, 1.54) is 6.07 Å². The molecule has 0 spiro atoms. The van der Waals surface area contributed by atoms with Crippen LogP contribution >= 0.6 is 0 Å². The molecule has 1 unspecified atom stereocenters. The van der Waals surface area contributed by atoms with Crippen LogP contribution in [0.5, 0.6) is 0 Å². The molecule has 1 saturated heterocycles. The Labute approximate surface area is 201 Å². The van der Waals surface area contributed by atoms with Crippen molar-refractivity contribution < 1.29 is 13.4 Å². The molecular formula is C26H30N3O4S-. The molecule has 0 radical (unpaired) electrons. The van der Waals surface area contributed by atoms with Gasteiger partial charge in [0.25, 0.3) is 0 Å². The number of rotatable bonds is 6. The highest BCUT2D eigenvalue weighted by Gasteiger charge is 2.27. The maximum absolute atomic E-state index is 13.1. The van der Waals surface area contributed by atoms with Gasteiger partial charge >= 0.3 is 0 Å².